The first kappa shape index (κ1) is 16.7. The molecule has 1 aliphatic heterocycles. The highest BCUT2D eigenvalue weighted by Crippen LogP contribution is 2.25. The van der Waals surface area contributed by atoms with Gasteiger partial charge in [0.2, 0.25) is 5.91 Å². The zero-order chi connectivity index (χ0) is 16.3. The SMILES string of the molecule is C[C@@H](C(=O)NCc1nc(C(F)(F)F)n[nH]1)N1CCN(C)CC1. The van der Waals surface area contributed by atoms with Crippen LogP contribution in [0.5, 0.6) is 0 Å². The van der Waals surface area contributed by atoms with Gasteiger partial charge in [-0.05, 0) is 14.0 Å². The summed E-state index contributed by atoms with van der Waals surface area (Å²) in [7, 11) is 2.02. The van der Waals surface area contributed by atoms with E-state index in [1.807, 2.05) is 11.9 Å². The molecular weight excluding hydrogens is 301 g/mol. The number of nitrogens with one attached hydrogen (secondary N) is 2. The van der Waals surface area contributed by atoms with Crippen molar-refractivity contribution in [2.75, 3.05) is 33.2 Å². The molecule has 10 heteroatoms. The van der Waals surface area contributed by atoms with Crippen molar-refractivity contribution in [3.05, 3.63) is 11.6 Å². The predicted octanol–water partition coefficient (Wildman–Crippen LogP) is 0.0756. The number of rotatable bonds is 4. The van der Waals surface area contributed by atoms with Gasteiger partial charge in [-0.3, -0.25) is 14.8 Å². The Bertz CT molecular complexity index is 509. The van der Waals surface area contributed by atoms with Gasteiger partial charge in [-0.1, -0.05) is 0 Å². The highest BCUT2D eigenvalue weighted by Gasteiger charge is 2.36. The van der Waals surface area contributed by atoms with E-state index in [4.69, 9.17) is 0 Å². The van der Waals surface area contributed by atoms with Gasteiger partial charge in [0.1, 0.15) is 5.82 Å². The minimum absolute atomic E-state index is 0.0220. The van der Waals surface area contributed by atoms with Crippen molar-refractivity contribution < 1.29 is 18.0 Å². The van der Waals surface area contributed by atoms with Crippen molar-refractivity contribution in [1.82, 2.24) is 30.3 Å². The van der Waals surface area contributed by atoms with Crippen LogP contribution in [0.25, 0.3) is 0 Å². The molecule has 0 bridgehead atoms. The summed E-state index contributed by atoms with van der Waals surface area (Å²) in [4.78, 5) is 19.6. The second-order valence-electron chi connectivity index (χ2n) is 5.34. The van der Waals surface area contributed by atoms with Gasteiger partial charge in [0, 0.05) is 26.2 Å². The quantitative estimate of drug-likeness (QED) is 0.821. The first-order valence-electron chi connectivity index (χ1n) is 6.96. The minimum Gasteiger partial charge on any atom is -0.347 e. The van der Waals surface area contributed by atoms with Crippen LogP contribution in [0, 0.1) is 0 Å². The number of halogens is 3. The van der Waals surface area contributed by atoms with Crippen LogP contribution in [0.3, 0.4) is 0 Å². The first-order valence-corrected chi connectivity index (χ1v) is 6.96. The molecule has 2 N–H and O–H groups in total. The lowest BCUT2D eigenvalue weighted by atomic mass is 10.2. The van der Waals surface area contributed by atoms with Gasteiger partial charge in [0.25, 0.3) is 5.82 Å². The van der Waals surface area contributed by atoms with Crippen molar-refractivity contribution in [1.29, 1.82) is 0 Å². The summed E-state index contributed by atoms with van der Waals surface area (Å²) in [6.45, 7) is 5.00. The van der Waals surface area contributed by atoms with E-state index < -0.39 is 12.0 Å². The van der Waals surface area contributed by atoms with E-state index in [9.17, 15) is 18.0 Å². The summed E-state index contributed by atoms with van der Waals surface area (Å²) in [6.07, 6.45) is -4.59. The molecule has 1 atom stereocenters. The van der Waals surface area contributed by atoms with E-state index in [1.54, 1.807) is 6.92 Å². The Morgan fingerprint density at radius 1 is 1.36 bits per heavy atom. The van der Waals surface area contributed by atoms with Gasteiger partial charge in [-0.2, -0.15) is 13.2 Å². The fourth-order valence-corrected chi connectivity index (χ4v) is 2.19. The minimum atomic E-state index is -4.59. The van der Waals surface area contributed by atoms with Crippen LogP contribution in [0.2, 0.25) is 0 Å². The van der Waals surface area contributed by atoms with Gasteiger partial charge in [0.05, 0.1) is 12.6 Å². The number of hydrogen-bond acceptors (Lipinski definition) is 5. The molecule has 0 spiro atoms. The van der Waals surface area contributed by atoms with Crippen LogP contribution in [0.15, 0.2) is 0 Å². The molecule has 1 saturated heterocycles. The van der Waals surface area contributed by atoms with Crippen molar-refractivity contribution in [3.8, 4) is 0 Å². The number of aromatic nitrogens is 3. The Kier molecular flexibility index (Phi) is 5.01. The second kappa shape index (κ2) is 6.61. The van der Waals surface area contributed by atoms with Crippen LogP contribution in [-0.4, -0.2) is 70.2 Å². The molecule has 1 aliphatic rings. The number of likely N-dealkylation sites (N-methyl/N-ethyl adjacent to an activating group) is 1. The van der Waals surface area contributed by atoms with Crippen LogP contribution in [-0.2, 0) is 17.5 Å². The maximum Gasteiger partial charge on any atom is 0.453 e. The summed E-state index contributed by atoms with van der Waals surface area (Å²) >= 11 is 0. The van der Waals surface area contributed by atoms with E-state index in [0.717, 1.165) is 26.2 Å². The zero-order valence-electron chi connectivity index (χ0n) is 12.4. The Morgan fingerprint density at radius 2 is 2.00 bits per heavy atom. The summed E-state index contributed by atoms with van der Waals surface area (Å²) in [5.41, 5.74) is 0. The van der Waals surface area contributed by atoms with Gasteiger partial charge in [-0.25, -0.2) is 4.98 Å². The Labute approximate surface area is 125 Å². The second-order valence-corrected chi connectivity index (χ2v) is 5.34. The van der Waals surface area contributed by atoms with Crippen LogP contribution in [0.1, 0.15) is 18.6 Å². The van der Waals surface area contributed by atoms with Crippen molar-refractivity contribution >= 4 is 5.91 Å². The third-order valence-corrected chi connectivity index (χ3v) is 3.68. The van der Waals surface area contributed by atoms with Crippen LogP contribution < -0.4 is 5.32 Å². The Balaban J connectivity index is 1.83. The van der Waals surface area contributed by atoms with Crippen molar-refractivity contribution in [3.63, 3.8) is 0 Å². The maximum absolute atomic E-state index is 12.4. The lowest BCUT2D eigenvalue weighted by Gasteiger charge is -2.35. The standard InChI is InChI=1S/C12H19F3N6O/c1-8(21-5-3-20(2)4-6-21)10(22)16-7-9-17-11(19-18-9)12(13,14)15/h8H,3-7H2,1-2H3,(H,16,22)(H,17,18,19)/t8-/m0/s1. The van der Waals surface area contributed by atoms with Crippen LogP contribution in [0.4, 0.5) is 13.2 Å². The molecule has 1 fully saturated rings. The fourth-order valence-electron chi connectivity index (χ4n) is 2.19. The zero-order valence-corrected chi connectivity index (χ0v) is 12.4. The number of carbonyl (C=O) groups excluding carboxylic acids is 1. The predicted molar refractivity (Wildman–Crippen MR) is 71.8 cm³/mol. The highest BCUT2D eigenvalue weighted by molar-refractivity contribution is 5.81. The van der Waals surface area contributed by atoms with E-state index in [-0.39, 0.29) is 24.3 Å². The molecule has 1 amide bonds. The molecule has 0 saturated carbocycles. The van der Waals surface area contributed by atoms with Crippen LogP contribution >= 0.6 is 0 Å². The molecule has 1 aromatic rings. The number of aromatic amines is 1. The molecule has 1 aromatic heterocycles. The molecule has 22 heavy (non-hydrogen) atoms. The molecule has 124 valence electrons. The van der Waals surface area contributed by atoms with E-state index >= 15 is 0 Å². The molecule has 7 nitrogen and oxygen atoms in total. The molecule has 2 heterocycles. The smallest absolute Gasteiger partial charge is 0.347 e. The average molecular weight is 320 g/mol. The summed E-state index contributed by atoms with van der Waals surface area (Å²) in [5, 5.41) is 7.83. The molecule has 2 rings (SSSR count). The summed E-state index contributed by atoms with van der Waals surface area (Å²) in [5.74, 6) is -1.50. The lowest BCUT2D eigenvalue weighted by molar-refractivity contribution is -0.144. The van der Waals surface area contributed by atoms with Gasteiger partial charge in [0.15, 0.2) is 0 Å². The summed E-state index contributed by atoms with van der Waals surface area (Å²) < 4.78 is 37.1. The fraction of sp³-hybridized carbons (Fsp3) is 0.750. The monoisotopic (exact) mass is 320 g/mol. The van der Waals surface area contributed by atoms with Crippen molar-refractivity contribution in [2.45, 2.75) is 25.7 Å². The van der Waals surface area contributed by atoms with E-state index in [1.165, 1.54) is 0 Å². The number of hydrogen-bond donors (Lipinski definition) is 2. The number of piperazine rings is 1. The molecule has 0 unspecified atom stereocenters. The normalized spacial score (nSPS) is 19.1. The largest absolute Gasteiger partial charge is 0.453 e. The number of amides is 1. The van der Waals surface area contributed by atoms with Gasteiger partial charge >= 0.3 is 6.18 Å². The van der Waals surface area contributed by atoms with Gasteiger partial charge in [-0.15, -0.1) is 5.10 Å². The Morgan fingerprint density at radius 3 is 2.55 bits per heavy atom. The molecule has 0 aliphatic carbocycles. The van der Waals surface area contributed by atoms with E-state index in [0.29, 0.717) is 0 Å². The maximum atomic E-state index is 12.4. The number of H-pyrrole nitrogens is 1. The average Bonchev–Trinajstić information content (AvgIpc) is 2.94. The number of alkyl halides is 3. The molecule has 0 radical (unpaired) electrons. The highest BCUT2D eigenvalue weighted by atomic mass is 19.4. The number of carbonyl (C=O) groups is 1. The third kappa shape index (κ3) is 4.17. The third-order valence-electron chi connectivity index (χ3n) is 3.68. The molecule has 0 aromatic carbocycles. The van der Waals surface area contributed by atoms with Gasteiger partial charge < -0.3 is 10.2 Å². The van der Waals surface area contributed by atoms with E-state index in [2.05, 4.69) is 25.4 Å². The van der Waals surface area contributed by atoms with Crippen molar-refractivity contribution in [2.24, 2.45) is 0 Å². The topological polar surface area (TPSA) is 77.1 Å². The summed E-state index contributed by atoms with van der Waals surface area (Å²) in [6, 6.07) is -0.335. The molecular formula is C12H19F3N6O. The number of nitrogens with zero attached hydrogens (tertiary/aromatic N) is 4. The lowest BCUT2D eigenvalue weighted by Crippen LogP contribution is -2.52. The Hall–Kier alpha value is -1.68. The first-order chi connectivity index (χ1) is 10.3.